The van der Waals surface area contributed by atoms with Crippen molar-refractivity contribution < 1.29 is 11.0 Å². The summed E-state index contributed by atoms with van der Waals surface area (Å²) in [6.45, 7) is 4.35. The maximum Gasteiger partial charge on any atom is -0.870 e. The number of hydrogen-bond donors (Lipinski definition) is 0. The maximum atomic E-state index is 5.82. The summed E-state index contributed by atoms with van der Waals surface area (Å²) in [4.78, 5) is 0. The molecule has 0 spiro atoms. The van der Waals surface area contributed by atoms with Gasteiger partial charge in [0.05, 0.1) is 0 Å². The van der Waals surface area contributed by atoms with Crippen molar-refractivity contribution in [2.75, 3.05) is 0 Å². The van der Waals surface area contributed by atoms with E-state index in [-0.39, 0.29) is 11.0 Å². The Hall–Kier alpha value is -2.02. The molecule has 0 radical (unpaired) electrons. The van der Waals surface area contributed by atoms with Crippen molar-refractivity contribution in [2.24, 2.45) is 0 Å². The molecule has 0 amide bonds. The molecule has 2 aromatic carbocycles. The smallest absolute Gasteiger partial charge is 0.870 e. The Morgan fingerprint density at radius 1 is 0.913 bits per heavy atom. The second-order valence-electron chi connectivity index (χ2n) is 5.32. The molecule has 0 aliphatic heterocycles. The Morgan fingerprint density at radius 3 is 2.22 bits per heavy atom. The molecule has 0 saturated carbocycles. The van der Waals surface area contributed by atoms with Gasteiger partial charge in [-0.1, -0.05) is 13.3 Å². The van der Waals surface area contributed by atoms with Gasteiger partial charge in [-0.15, -0.1) is 0 Å². The molecular weight excluding hydrogens is 283 g/mol. The van der Waals surface area contributed by atoms with Crippen LogP contribution in [-0.2, 0) is 12.8 Å². The second-order valence-corrected chi connectivity index (χ2v) is 5.32. The van der Waals surface area contributed by atoms with E-state index in [2.05, 4.69) is 50.0 Å². The summed E-state index contributed by atoms with van der Waals surface area (Å²) in [6, 6.07) is 14.5. The van der Waals surface area contributed by atoms with Gasteiger partial charge in [0, 0.05) is 0 Å². The molecule has 0 fully saturated rings. The molecule has 0 aliphatic carbocycles. The summed E-state index contributed by atoms with van der Waals surface area (Å²) in [7, 11) is 5.82. The van der Waals surface area contributed by atoms with Crippen LogP contribution >= 0.6 is 0 Å². The predicted molar refractivity (Wildman–Crippen MR) is 96.1 cm³/mol. The van der Waals surface area contributed by atoms with Crippen molar-refractivity contribution in [2.45, 2.75) is 39.5 Å². The van der Waals surface area contributed by atoms with Crippen LogP contribution in [0.2, 0.25) is 0 Å². The van der Waals surface area contributed by atoms with Gasteiger partial charge in [-0.05, 0) is 0 Å². The predicted octanol–water partition coefficient (Wildman–Crippen LogP) is 3.43. The topological polar surface area (TPSA) is 60.0 Å². The number of hydrogen-bond acceptors (Lipinski definition) is 2. The van der Waals surface area contributed by atoms with E-state index in [0.717, 1.165) is 29.4 Å². The first-order valence-electron chi connectivity index (χ1n) is 7.72. The van der Waals surface area contributed by atoms with Crippen molar-refractivity contribution in [1.29, 1.82) is 0 Å². The van der Waals surface area contributed by atoms with E-state index in [1.54, 1.807) is 0 Å². The molecule has 3 heteroatoms. The van der Waals surface area contributed by atoms with Crippen molar-refractivity contribution >= 4 is 13.3 Å². The average Bonchev–Trinajstić information content (AvgIpc) is 2.52. The number of rotatable bonds is 4. The summed E-state index contributed by atoms with van der Waals surface area (Å²) in [6.07, 6.45) is 4.59. The van der Waals surface area contributed by atoms with Crippen LogP contribution in [0.25, 0.3) is 0 Å². The van der Waals surface area contributed by atoms with Crippen LogP contribution in [0.4, 0.5) is 0 Å². The van der Waals surface area contributed by atoms with Gasteiger partial charge in [-0.25, -0.2) is 0 Å². The number of benzene rings is 2. The van der Waals surface area contributed by atoms with Crippen LogP contribution in [-0.4, -0.2) is 18.8 Å². The fourth-order valence-electron chi connectivity index (χ4n) is 2.30. The van der Waals surface area contributed by atoms with Gasteiger partial charge < -0.3 is 11.0 Å². The summed E-state index contributed by atoms with van der Waals surface area (Å²) in [5.41, 5.74) is 5.54. The number of aryl methyl sites for hydroxylation is 2. The molecule has 0 heterocycles. The van der Waals surface area contributed by atoms with E-state index in [1.165, 1.54) is 24.0 Å². The van der Waals surface area contributed by atoms with Crippen LogP contribution in [0.5, 0.6) is 0 Å². The third-order valence-electron chi connectivity index (χ3n) is 3.62. The minimum absolute atomic E-state index is 0. The molecule has 23 heavy (non-hydrogen) atoms. The molecule has 0 bridgehead atoms. The Balaban J connectivity index is 0.00000242. The molecule has 2 aromatic rings. The van der Waals surface area contributed by atoms with Crippen LogP contribution in [0.3, 0.4) is 0 Å². The fraction of sp³-hybridized carbons (Fsp3) is 0.300. The van der Waals surface area contributed by atoms with Crippen LogP contribution < -0.4 is 5.46 Å². The van der Waals surface area contributed by atoms with Crippen molar-refractivity contribution in [3.8, 4) is 11.8 Å². The molecule has 0 unspecified atom stereocenters. The van der Waals surface area contributed by atoms with Gasteiger partial charge in [-0.2, -0.15) is 0 Å². The molecule has 118 valence electrons. The zero-order valence-electron chi connectivity index (χ0n) is 13.8. The zero-order chi connectivity index (χ0) is 15.1. The quantitative estimate of drug-likeness (QED) is 0.642. The third-order valence-corrected chi connectivity index (χ3v) is 3.62. The van der Waals surface area contributed by atoms with Crippen molar-refractivity contribution in [3.63, 3.8) is 0 Å². The molecule has 0 aliphatic rings. The first kappa shape index (κ1) is 21.0. The average molecular weight is 306 g/mol. The van der Waals surface area contributed by atoms with Crippen molar-refractivity contribution in [1.82, 2.24) is 0 Å². The number of unbranched alkanes of at least 4 members (excludes halogenated alkanes) is 1. The van der Waals surface area contributed by atoms with Gasteiger partial charge in [-0.3, -0.25) is 0 Å². The van der Waals surface area contributed by atoms with Gasteiger partial charge >= 0.3 is 116 Å². The Morgan fingerprint density at radius 2 is 1.61 bits per heavy atom. The third kappa shape index (κ3) is 6.32. The first-order valence-corrected chi connectivity index (χ1v) is 7.72. The molecule has 2 N–H and O–H groups in total. The van der Waals surface area contributed by atoms with E-state index in [9.17, 15) is 0 Å². The van der Waals surface area contributed by atoms with E-state index in [0.29, 0.717) is 0 Å². The molecule has 0 aromatic heterocycles. The minimum Gasteiger partial charge on any atom is -0.870 e. The van der Waals surface area contributed by atoms with E-state index in [1.807, 2.05) is 18.2 Å². The Bertz CT molecular complexity index is 652. The summed E-state index contributed by atoms with van der Waals surface area (Å²) < 4.78 is 0. The van der Waals surface area contributed by atoms with E-state index in [4.69, 9.17) is 7.85 Å². The van der Waals surface area contributed by atoms with E-state index < -0.39 is 0 Å². The van der Waals surface area contributed by atoms with Crippen LogP contribution in [0.1, 0.15) is 48.9 Å². The zero-order valence-corrected chi connectivity index (χ0v) is 13.8. The summed E-state index contributed by atoms with van der Waals surface area (Å²) in [5.74, 6) is 6.51. The van der Waals surface area contributed by atoms with Crippen LogP contribution in [0, 0.1) is 11.8 Å². The normalized spacial score (nSPS) is 9.22. The SMILES string of the molecule is [B+2]c1ccc(C#Cc2ccc(CCCC)cc2)c(CC)c1.[OH-].[OH-]. The Kier molecular flexibility index (Phi) is 9.73. The Labute approximate surface area is 141 Å². The second kappa shape index (κ2) is 10.7. The first-order chi connectivity index (χ1) is 10.2. The largest absolute Gasteiger partial charge is 0.870 e. The fourth-order valence-corrected chi connectivity index (χ4v) is 2.30. The maximum absolute atomic E-state index is 5.82. The van der Waals surface area contributed by atoms with Gasteiger partial charge in [0.2, 0.25) is 0 Å². The van der Waals surface area contributed by atoms with E-state index >= 15 is 0 Å². The summed E-state index contributed by atoms with van der Waals surface area (Å²) in [5, 5.41) is 0. The summed E-state index contributed by atoms with van der Waals surface area (Å²) >= 11 is 0. The molecular formula is C20H23BO2. The van der Waals surface area contributed by atoms with Gasteiger partial charge in [0.15, 0.2) is 0 Å². The van der Waals surface area contributed by atoms with Gasteiger partial charge in [0.1, 0.15) is 0 Å². The minimum atomic E-state index is 0. The molecule has 0 saturated heterocycles. The van der Waals surface area contributed by atoms with Gasteiger partial charge in [0.25, 0.3) is 0 Å². The monoisotopic (exact) mass is 306 g/mol. The molecule has 2 rings (SSSR count). The van der Waals surface area contributed by atoms with Crippen LogP contribution in [0.15, 0.2) is 42.5 Å². The van der Waals surface area contributed by atoms with Crippen molar-refractivity contribution in [3.05, 3.63) is 64.7 Å². The molecule has 0 atom stereocenters. The standard InChI is InChI=1S/C20H21B.2H2O/c1-3-5-6-16-7-9-17(10-8-16)11-12-19-13-14-20(21)15-18(19)4-2;;/h7-10,13-15H,3-6H2,1-2H3;2*1H2/q+2;;/p-2. The molecule has 2 nitrogen and oxygen atoms in total.